The summed E-state index contributed by atoms with van der Waals surface area (Å²) in [6.07, 6.45) is 1.15. The standard InChI is InChI=1S/C15H14N6O3S/c22-14(11-4-5-17-24-11)21-6-7-23-12(8-21)10-2-1-3-13(18-10)19-15-20-16-9-25-15/h1-5,9,12H,6-8H2,(H,18,19,20). The molecule has 1 fully saturated rings. The van der Waals surface area contributed by atoms with E-state index in [1.165, 1.54) is 17.5 Å². The minimum atomic E-state index is -0.309. The Hall–Kier alpha value is -2.85. The predicted molar refractivity (Wildman–Crippen MR) is 88.5 cm³/mol. The van der Waals surface area contributed by atoms with Crippen LogP contribution in [0.15, 0.2) is 40.5 Å². The second-order valence-corrected chi connectivity index (χ2v) is 6.14. The minimum Gasteiger partial charge on any atom is -0.368 e. The largest absolute Gasteiger partial charge is 0.368 e. The molecule has 1 aliphatic heterocycles. The molecule has 0 aromatic carbocycles. The second kappa shape index (κ2) is 6.95. The first-order chi connectivity index (χ1) is 12.3. The first-order valence-corrected chi connectivity index (χ1v) is 8.49. The van der Waals surface area contributed by atoms with E-state index in [9.17, 15) is 4.79 Å². The van der Waals surface area contributed by atoms with E-state index in [0.717, 1.165) is 5.69 Å². The van der Waals surface area contributed by atoms with Gasteiger partial charge in [-0.3, -0.25) is 4.79 Å². The van der Waals surface area contributed by atoms with Crippen LogP contribution in [-0.4, -0.2) is 50.8 Å². The first-order valence-electron chi connectivity index (χ1n) is 7.61. The quantitative estimate of drug-likeness (QED) is 0.753. The van der Waals surface area contributed by atoms with Crippen molar-refractivity contribution in [2.45, 2.75) is 6.10 Å². The minimum absolute atomic E-state index is 0.200. The first kappa shape index (κ1) is 15.7. The van der Waals surface area contributed by atoms with Crippen LogP contribution in [-0.2, 0) is 4.74 Å². The number of carbonyl (C=O) groups is 1. The van der Waals surface area contributed by atoms with Crippen LogP contribution in [0.4, 0.5) is 10.9 Å². The van der Waals surface area contributed by atoms with Gasteiger partial charge in [0.1, 0.15) is 17.4 Å². The highest BCUT2D eigenvalue weighted by atomic mass is 32.1. The molecule has 1 saturated heterocycles. The Morgan fingerprint density at radius 2 is 2.32 bits per heavy atom. The van der Waals surface area contributed by atoms with E-state index in [2.05, 4.69) is 25.7 Å². The molecule has 3 aromatic rings. The van der Waals surface area contributed by atoms with Crippen molar-refractivity contribution in [2.24, 2.45) is 0 Å². The molecular formula is C15H14N6O3S. The molecule has 4 rings (SSSR count). The SMILES string of the molecule is O=C(c1ccno1)N1CCOC(c2cccc(Nc3nncs3)n2)C1. The van der Waals surface area contributed by atoms with Crippen molar-refractivity contribution in [2.75, 3.05) is 25.0 Å². The maximum Gasteiger partial charge on any atom is 0.292 e. The van der Waals surface area contributed by atoms with Gasteiger partial charge in [0.05, 0.1) is 25.0 Å². The monoisotopic (exact) mass is 358 g/mol. The molecule has 1 atom stereocenters. The van der Waals surface area contributed by atoms with Crippen LogP contribution in [0, 0.1) is 0 Å². The van der Waals surface area contributed by atoms with Crippen LogP contribution in [0.3, 0.4) is 0 Å². The molecule has 0 saturated carbocycles. The molecule has 3 aromatic heterocycles. The van der Waals surface area contributed by atoms with Crippen LogP contribution < -0.4 is 5.32 Å². The summed E-state index contributed by atoms with van der Waals surface area (Å²) in [5.41, 5.74) is 2.38. The third kappa shape index (κ3) is 3.49. The number of aromatic nitrogens is 4. The topological polar surface area (TPSA) is 106 Å². The van der Waals surface area contributed by atoms with E-state index in [1.807, 2.05) is 18.2 Å². The highest BCUT2D eigenvalue weighted by Crippen LogP contribution is 2.24. The third-order valence-corrected chi connectivity index (χ3v) is 4.30. The van der Waals surface area contributed by atoms with Gasteiger partial charge in [0.15, 0.2) is 0 Å². The van der Waals surface area contributed by atoms with Crippen molar-refractivity contribution in [3.63, 3.8) is 0 Å². The Morgan fingerprint density at radius 3 is 3.12 bits per heavy atom. The highest BCUT2D eigenvalue weighted by Gasteiger charge is 2.28. The molecular weight excluding hydrogens is 344 g/mol. The van der Waals surface area contributed by atoms with E-state index in [1.54, 1.807) is 16.5 Å². The van der Waals surface area contributed by atoms with Crippen molar-refractivity contribution in [3.05, 3.63) is 47.4 Å². The van der Waals surface area contributed by atoms with E-state index in [0.29, 0.717) is 30.6 Å². The summed E-state index contributed by atoms with van der Waals surface area (Å²) in [4.78, 5) is 18.6. The van der Waals surface area contributed by atoms with Crippen molar-refractivity contribution in [3.8, 4) is 0 Å². The molecule has 10 heteroatoms. The van der Waals surface area contributed by atoms with Gasteiger partial charge in [-0.25, -0.2) is 4.98 Å². The smallest absolute Gasteiger partial charge is 0.292 e. The summed E-state index contributed by atoms with van der Waals surface area (Å²) < 4.78 is 10.7. The van der Waals surface area contributed by atoms with Gasteiger partial charge in [0, 0.05) is 12.6 Å². The summed E-state index contributed by atoms with van der Waals surface area (Å²) >= 11 is 1.39. The van der Waals surface area contributed by atoms with Crippen LogP contribution >= 0.6 is 11.3 Å². The number of hydrogen-bond acceptors (Lipinski definition) is 9. The lowest BCUT2D eigenvalue weighted by molar-refractivity contribution is -0.0258. The Kier molecular flexibility index (Phi) is 4.36. The Morgan fingerprint density at radius 1 is 1.36 bits per heavy atom. The molecule has 1 amide bonds. The van der Waals surface area contributed by atoms with Gasteiger partial charge >= 0.3 is 0 Å². The molecule has 0 spiro atoms. The predicted octanol–water partition coefficient (Wildman–Crippen LogP) is 1.88. The molecule has 25 heavy (non-hydrogen) atoms. The van der Waals surface area contributed by atoms with E-state index in [-0.39, 0.29) is 17.8 Å². The zero-order valence-corrected chi connectivity index (χ0v) is 13.8. The fourth-order valence-electron chi connectivity index (χ4n) is 2.53. The lowest BCUT2D eigenvalue weighted by Gasteiger charge is -2.32. The molecule has 1 unspecified atom stereocenters. The number of nitrogens with zero attached hydrogens (tertiary/aromatic N) is 5. The fraction of sp³-hybridized carbons (Fsp3) is 0.267. The average Bonchev–Trinajstić information content (AvgIpc) is 3.35. The average molecular weight is 358 g/mol. The number of carbonyl (C=O) groups excluding carboxylic acids is 1. The number of hydrogen-bond donors (Lipinski definition) is 1. The van der Waals surface area contributed by atoms with Gasteiger partial charge in [-0.1, -0.05) is 22.6 Å². The Bertz CT molecular complexity index is 839. The third-order valence-electron chi connectivity index (χ3n) is 3.70. The van der Waals surface area contributed by atoms with Crippen molar-refractivity contribution in [1.29, 1.82) is 0 Å². The molecule has 0 aliphatic carbocycles. The Balaban J connectivity index is 1.48. The second-order valence-electron chi connectivity index (χ2n) is 5.30. The van der Waals surface area contributed by atoms with Gasteiger partial charge in [0.2, 0.25) is 10.9 Å². The van der Waals surface area contributed by atoms with E-state index < -0.39 is 0 Å². The van der Waals surface area contributed by atoms with Crippen molar-refractivity contribution >= 4 is 28.2 Å². The van der Waals surface area contributed by atoms with Crippen LogP contribution in [0.1, 0.15) is 22.4 Å². The van der Waals surface area contributed by atoms with Crippen LogP contribution in [0.25, 0.3) is 0 Å². The van der Waals surface area contributed by atoms with Gasteiger partial charge in [0.25, 0.3) is 5.91 Å². The maximum absolute atomic E-state index is 12.4. The highest BCUT2D eigenvalue weighted by molar-refractivity contribution is 7.13. The zero-order chi connectivity index (χ0) is 17.1. The summed E-state index contributed by atoms with van der Waals surface area (Å²) in [6, 6.07) is 7.15. The van der Waals surface area contributed by atoms with E-state index in [4.69, 9.17) is 9.26 Å². The number of amides is 1. The summed E-state index contributed by atoms with van der Waals surface area (Å²) in [5.74, 6) is 0.672. The van der Waals surface area contributed by atoms with Crippen molar-refractivity contribution in [1.82, 2.24) is 25.2 Å². The van der Waals surface area contributed by atoms with Crippen LogP contribution in [0.2, 0.25) is 0 Å². The lowest BCUT2D eigenvalue weighted by atomic mass is 10.1. The zero-order valence-electron chi connectivity index (χ0n) is 13.0. The number of ether oxygens (including phenoxy) is 1. The van der Waals surface area contributed by atoms with E-state index >= 15 is 0 Å². The Labute approximate surface area is 146 Å². The van der Waals surface area contributed by atoms with Crippen LogP contribution in [0.5, 0.6) is 0 Å². The number of nitrogens with one attached hydrogen (secondary N) is 1. The molecule has 1 aliphatic rings. The maximum atomic E-state index is 12.4. The summed E-state index contributed by atoms with van der Waals surface area (Å²) in [7, 11) is 0. The number of pyridine rings is 1. The molecule has 0 bridgehead atoms. The van der Waals surface area contributed by atoms with Gasteiger partial charge in [-0.15, -0.1) is 10.2 Å². The van der Waals surface area contributed by atoms with Gasteiger partial charge in [-0.05, 0) is 12.1 Å². The lowest BCUT2D eigenvalue weighted by Crippen LogP contribution is -2.42. The van der Waals surface area contributed by atoms with Gasteiger partial charge in [-0.2, -0.15) is 0 Å². The molecule has 1 N–H and O–H groups in total. The molecule has 4 heterocycles. The molecule has 0 radical (unpaired) electrons. The number of morpholine rings is 1. The number of anilines is 2. The molecule has 9 nitrogen and oxygen atoms in total. The van der Waals surface area contributed by atoms with Crippen molar-refractivity contribution < 1.29 is 14.1 Å². The summed E-state index contributed by atoms with van der Waals surface area (Å²) in [6.45, 7) is 1.33. The number of rotatable bonds is 4. The fourth-order valence-corrected chi connectivity index (χ4v) is 2.98. The van der Waals surface area contributed by atoms with Gasteiger partial charge < -0.3 is 19.5 Å². The summed E-state index contributed by atoms with van der Waals surface area (Å²) in [5, 5.41) is 15.0. The molecule has 128 valence electrons. The normalized spacial score (nSPS) is 17.4.